The molecule has 0 fully saturated rings. The second-order valence-corrected chi connectivity index (χ2v) is 2.20. The molecule has 1 atom stereocenters. The Hall–Kier alpha value is -0.940. The van der Waals surface area contributed by atoms with Gasteiger partial charge in [-0.2, -0.15) is 0 Å². The molecule has 5 nitrogen and oxygen atoms in total. The number of aliphatic hydroxyl groups excluding tert-OH is 2. The highest BCUT2D eigenvalue weighted by molar-refractivity contribution is 6.35. The minimum atomic E-state index is -1.66. The molecule has 70 valence electrons. The predicted molar refractivity (Wildman–Crippen MR) is 39.3 cm³/mol. The Balaban J connectivity index is 3.85. The summed E-state index contributed by atoms with van der Waals surface area (Å²) in [6.45, 7) is 1.16. The third-order valence-corrected chi connectivity index (χ3v) is 1.11. The van der Waals surface area contributed by atoms with Crippen molar-refractivity contribution in [3.05, 3.63) is 0 Å². The number of carbonyl (C=O) groups is 2. The molecule has 0 saturated carbocycles. The third-order valence-electron chi connectivity index (χ3n) is 1.11. The van der Waals surface area contributed by atoms with Gasteiger partial charge in [0.25, 0.3) is 5.78 Å². The van der Waals surface area contributed by atoms with Gasteiger partial charge < -0.3 is 14.9 Å². The minimum absolute atomic E-state index is 0.142. The zero-order valence-electron chi connectivity index (χ0n) is 6.82. The highest BCUT2D eigenvalue weighted by Crippen LogP contribution is 1.90. The largest absolute Gasteiger partial charge is 0.460 e. The lowest BCUT2D eigenvalue weighted by Crippen LogP contribution is -2.32. The van der Waals surface area contributed by atoms with Gasteiger partial charge in [-0.3, -0.25) is 4.79 Å². The van der Waals surface area contributed by atoms with Gasteiger partial charge in [0.15, 0.2) is 0 Å². The van der Waals surface area contributed by atoms with Crippen molar-refractivity contribution in [2.45, 2.75) is 19.4 Å². The molecule has 0 aliphatic heterocycles. The SMILES string of the molecule is CCCOC(=O)C(=O)[C@@H](O)CO. The van der Waals surface area contributed by atoms with Crippen molar-refractivity contribution in [2.75, 3.05) is 13.2 Å². The zero-order chi connectivity index (χ0) is 9.56. The summed E-state index contributed by atoms with van der Waals surface area (Å²) >= 11 is 0. The van der Waals surface area contributed by atoms with Crippen molar-refractivity contribution in [3.8, 4) is 0 Å². The first-order valence-electron chi connectivity index (χ1n) is 3.63. The molecule has 0 saturated heterocycles. The molecule has 0 heterocycles. The Morgan fingerprint density at radius 2 is 2.08 bits per heavy atom. The van der Waals surface area contributed by atoms with Gasteiger partial charge in [0.2, 0.25) is 0 Å². The van der Waals surface area contributed by atoms with Crippen molar-refractivity contribution in [1.29, 1.82) is 0 Å². The van der Waals surface area contributed by atoms with E-state index in [1.165, 1.54) is 0 Å². The van der Waals surface area contributed by atoms with Crippen LogP contribution in [0.1, 0.15) is 13.3 Å². The van der Waals surface area contributed by atoms with Gasteiger partial charge in [0, 0.05) is 0 Å². The molecule has 12 heavy (non-hydrogen) atoms. The van der Waals surface area contributed by atoms with Gasteiger partial charge in [-0.1, -0.05) is 6.92 Å². The first-order chi connectivity index (χ1) is 5.63. The number of aliphatic hydroxyl groups is 2. The van der Waals surface area contributed by atoms with E-state index in [1.807, 2.05) is 0 Å². The maximum absolute atomic E-state index is 10.7. The normalized spacial score (nSPS) is 12.2. The third kappa shape index (κ3) is 3.45. The molecule has 0 unspecified atom stereocenters. The molecular weight excluding hydrogens is 164 g/mol. The summed E-state index contributed by atoms with van der Waals surface area (Å²) in [5.41, 5.74) is 0. The quantitative estimate of drug-likeness (QED) is 0.408. The summed E-state index contributed by atoms with van der Waals surface area (Å²) in [7, 11) is 0. The van der Waals surface area contributed by atoms with E-state index in [-0.39, 0.29) is 6.61 Å². The highest BCUT2D eigenvalue weighted by atomic mass is 16.5. The Morgan fingerprint density at radius 3 is 2.50 bits per heavy atom. The highest BCUT2D eigenvalue weighted by Gasteiger charge is 2.23. The van der Waals surface area contributed by atoms with Crippen LogP contribution >= 0.6 is 0 Å². The van der Waals surface area contributed by atoms with Gasteiger partial charge in [-0.25, -0.2) is 4.79 Å². The Labute approximate surface area is 70.0 Å². The van der Waals surface area contributed by atoms with Crippen molar-refractivity contribution in [1.82, 2.24) is 0 Å². The monoisotopic (exact) mass is 176 g/mol. The molecule has 0 amide bonds. The number of rotatable bonds is 5. The first kappa shape index (κ1) is 11.1. The van der Waals surface area contributed by atoms with Crippen molar-refractivity contribution < 1.29 is 24.5 Å². The van der Waals surface area contributed by atoms with Crippen LogP contribution in [0.2, 0.25) is 0 Å². The fourth-order valence-corrected chi connectivity index (χ4v) is 0.485. The molecule has 0 spiro atoms. The van der Waals surface area contributed by atoms with Crippen LogP contribution in [-0.2, 0) is 14.3 Å². The molecular formula is C7H12O5. The summed E-state index contributed by atoms with van der Waals surface area (Å²) in [5.74, 6) is -2.20. The molecule has 0 aliphatic carbocycles. The predicted octanol–water partition coefficient (Wildman–Crippen LogP) is -1.14. The number of esters is 1. The number of hydrogen-bond donors (Lipinski definition) is 2. The molecule has 0 aromatic rings. The number of carbonyl (C=O) groups excluding carboxylic acids is 2. The van der Waals surface area contributed by atoms with Crippen LogP contribution in [0.5, 0.6) is 0 Å². The molecule has 0 aromatic heterocycles. The summed E-state index contributed by atoms with van der Waals surface area (Å²) < 4.78 is 4.42. The van der Waals surface area contributed by atoms with Crippen molar-refractivity contribution in [3.63, 3.8) is 0 Å². The fourth-order valence-electron chi connectivity index (χ4n) is 0.485. The number of hydrogen-bond acceptors (Lipinski definition) is 5. The van der Waals surface area contributed by atoms with E-state index in [4.69, 9.17) is 10.2 Å². The fraction of sp³-hybridized carbons (Fsp3) is 0.714. The standard InChI is InChI=1S/C7H12O5/c1-2-3-12-7(11)6(10)5(9)4-8/h5,8-9H,2-4H2,1H3/t5-/m0/s1. The lowest BCUT2D eigenvalue weighted by Gasteiger charge is -2.04. The Morgan fingerprint density at radius 1 is 1.50 bits per heavy atom. The van der Waals surface area contributed by atoms with Crippen LogP contribution in [-0.4, -0.2) is 41.3 Å². The average molecular weight is 176 g/mol. The molecule has 0 aliphatic rings. The van der Waals surface area contributed by atoms with E-state index in [0.717, 1.165) is 0 Å². The summed E-state index contributed by atoms with van der Waals surface area (Å²) in [5, 5.41) is 17.0. The topological polar surface area (TPSA) is 83.8 Å². The van der Waals surface area contributed by atoms with Crippen LogP contribution in [0, 0.1) is 0 Å². The van der Waals surface area contributed by atoms with Crippen LogP contribution in [0.15, 0.2) is 0 Å². The van der Waals surface area contributed by atoms with E-state index in [9.17, 15) is 9.59 Å². The molecule has 0 bridgehead atoms. The van der Waals surface area contributed by atoms with Crippen molar-refractivity contribution >= 4 is 11.8 Å². The Bertz CT molecular complexity index is 165. The van der Waals surface area contributed by atoms with Crippen LogP contribution in [0.3, 0.4) is 0 Å². The zero-order valence-corrected chi connectivity index (χ0v) is 6.82. The summed E-state index contributed by atoms with van der Waals surface area (Å²) in [6.07, 6.45) is -1.05. The molecule has 0 rings (SSSR count). The summed E-state index contributed by atoms with van der Waals surface area (Å²) in [6, 6.07) is 0. The van der Waals surface area contributed by atoms with Gasteiger partial charge in [-0.05, 0) is 6.42 Å². The number of ketones is 1. The molecule has 0 aromatic carbocycles. The Kier molecular flexibility index (Phi) is 5.23. The number of ether oxygens (including phenoxy) is 1. The van der Waals surface area contributed by atoms with Gasteiger partial charge >= 0.3 is 5.97 Å². The second kappa shape index (κ2) is 5.68. The van der Waals surface area contributed by atoms with Gasteiger partial charge in [0.05, 0.1) is 13.2 Å². The van der Waals surface area contributed by atoms with Crippen molar-refractivity contribution in [2.24, 2.45) is 0 Å². The molecule has 5 heteroatoms. The maximum atomic E-state index is 10.7. The van der Waals surface area contributed by atoms with E-state index >= 15 is 0 Å². The summed E-state index contributed by atoms with van der Waals surface area (Å²) in [4.78, 5) is 21.4. The maximum Gasteiger partial charge on any atom is 0.377 e. The lowest BCUT2D eigenvalue weighted by molar-refractivity contribution is -0.158. The first-order valence-corrected chi connectivity index (χ1v) is 3.63. The van der Waals surface area contributed by atoms with E-state index < -0.39 is 24.5 Å². The van der Waals surface area contributed by atoms with Gasteiger partial charge in [0.1, 0.15) is 6.10 Å². The second-order valence-electron chi connectivity index (χ2n) is 2.20. The van der Waals surface area contributed by atoms with E-state index in [1.54, 1.807) is 6.92 Å². The smallest absolute Gasteiger partial charge is 0.377 e. The lowest BCUT2D eigenvalue weighted by atomic mass is 10.2. The minimum Gasteiger partial charge on any atom is -0.460 e. The average Bonchev–Trinajstić information content (AvgIpc) is 2.11. The van der Waals surface area contributed by atoms with E-state index in [2.05, 4.69) is 4.74 Å². The number of Topliss-reactive ketones (excluding diaryl/α,β-unsaturated/α-hetero) is 1. The van der Waals surface area contributed by atoms with E-state index in [0.29, 0.717) is 6.42 Å². The van der Waals surface area contributed by atoms with Crippen LogP contribution < -0.4 is 0 Å². The van der Waals surface area contributed by atoms with Gasteiger partial charge in [-0.15, -0.1) is 0 Å². The van der Waals surface area contributed by atoms with Crippen LogP contribution in [0.25, 0.3) is 0 Å². The van der Waals surface area contributed by atoms with Crippen LogP contribution in [0.4, 0.5) is 0 Å². The molecule has 2 N–H and O–H groups in total. The molecule has 0 radical (unpaired) electrons.